The highest BCUT2D eigenvalue weighted by molar-refractivity contribution is 5.78. The molecule has 1 aliphatic heterocycles. The van der Waals surface area contributed by atoms with Crippen LogP contribution < -0.4 is 10.1 Å². The Bertz CT molecular complexity index is 766. The number of amides is 1. The topological polar surface area (TPSA) is 54.5 Å². The third-order valence-corrected chi connectivity index (χ3v) is 4.38. The van der Waals surface area contributed by atoms with E-state index in [0.717, 1.165) is 23.5 Å². The number of aromatic nitrogens is 1. The number of hydrogen-bond acceptors (Lipinski definition) is 4. The van der Waals surface area contributed by atoms with Crippen molar-refractivity contribution in [1.82, 2.24) is 9.88 Å². The first-order valence-corrected chi connectivity index (χ1v) is 8.37. The zero-order valence-corrected chi connectivity index (χ0v) is 14.5. The number of anilines is 1. The van der Waals surface area contributed by atoms with E-state index in [2.05, 4.69) is 10.3 Å². The van der Waals surface area contributed by atoms with Gasteiger partial charge in [-0.15, -0.1) is 0 Å². The van der Waals surface area contributed by atoms with Crippen molar-refractivity contribution in [2.24, 2.45) is 0 Å². The van der Waals surface area contributed by atoms with E-state index in [1.54, 1.807) is 17.0 Å². The van der Waals surface area contributed by atoms with Crippen molar-refractivity contribution in [1.29, 1.82) is 0 Å². The van der Waals surface area contributed by atoms with E-state index in [1.165, 1.54) is 12.1 Å². The molecular formula is C19H22FN3O2. The second-order valence-electron chi connectivity index (χ2n) is 6.24. The number of aryl methyl sites for hydroxylation is 1. The van der Waals surface area contributed by atoms with Crippen LogP contribution in [0.1, 0.15) is 23.7 Å². The maximum Gasteiger partial charge on any atom is 0.260 e. The molecule has 2 heterocycles. The smallest absolute Gasteiger partial charge is 0.260 e. The normalized spacial score (nSPS) is 16.8. The van der Waals surface area contributed by atoms with E-state index in [-0.39, 0.29) is 24.2 Å². The molecule has 0 saturated carbocycles. The number of likely N-dealkylation sites (tertiary alicyclic amines) is 1. The van der Waals surface area contributed by atoms with Crippen molar-refractivity contribution in [2.75, 3.05) is 32.1 Å². The summed E-state index contributed by atoms with van der Waals surface area (Å²) < 4.78 is 18.5. The van der Waals surface area contributed by atoms with Gasteiger partial charge in [-0.2, -0.15) is 0 Å². The number of nitrogens with one attached hydrogen (secondary N) is 1. The molecule has 2 aromatic rings. The lowest BCUT2D eigenvalue weighted by molar-refractivity contribution is -0.132. The van der Waals surface area contributed by atoms with Gasteiger partial charge in [-0.25, -0.2) is 4.39 Å². The van der Waals surface area contributed by atoms with Gasteiger partial charge in [0.1, 0.15) is 11.6 Å². The quantitative estimate of drug-likeness (QED) is 0.907. The Kier molecular flexibility index (Phi) is 5.16. The average Bonchev–Trinajstić information content (AvgIpc) is 3.09. The van der Waals surface area contributed by atoms with Gasteiger partial charge in [-0.3, -0.25) is 9.78 Å². The molecule has 0 aliphatic carbocycles. The van der Waals surface area contributed by atoms with Crippen LogP contribution in [0, 0.1) is 12.7 Å². The van der Waals surface area contributed by atoms with Crippen LogP contribution in [0.25, 0.3) is 0 Å². The fourth-order valence-corrected chi connectivity index (χ4v) is 3.07. The summed E-state index contributed by atoms with van der Waals surface area (Å²) in [6, 6.07) is 9.84. The van der Waals surface area contributed by atoms with Crippen molar-refractivity contribution in [2.45, 2.75) is 19.3 Å². The summed E-state index contributed by atoms with van der Waals surface area (Å²) in [6.07, 6.45) is 0.880. The van der Waals surface area contributed by atoms with E-state index in [4.69, 9.17) is 4.74 Å². The number of carbonyl (C=O) groups is 1. The molecule has 5 nitrogen and oxygen atoms in total. The minimum absolute atomic E-state index is 0.0841. The molecule has 1 saturated heterocycles. The first-order valence-electron chi connectivity index (χ1n) is 8.37. The van der Waals surface area contributed by atoms with Crippen LogP contribution in [-0.2, 0) is 4.79 Å². The van der Waals surface area contributed by atoms with Gasteiger partial charge in [0, 0.05) is 49.2 Å². The molecule has 1 fully saturated rings. The summed E-state index contributed by atoms with van der Waals surface area (Å²) in [4.78, 5) is 18.7. The standard InChI is InChI=1S/C19H22FN3O2/c1-13-8-16(21-2)10-18(22-13)14-6-7-23(11-14)19(24)12-25-17-5-3-4-15(20)9-17/h3-5,8-10,14H,6-7,11-12H2,1-2H3,(H,21,22). The molecule has 132 valence electrons. The lowest BCUT2D eigenvalue weighted by Crippen LogP contribution is -2.32. The Morgan fingerprint density at radius 1 is 1.40 bits per heavy atom. The van der Waals surface area contributed by atoms with Crippen LogP contribution in [0.15, 0.2) is 36.4 Å². The van der Waals surface area contributed by atoms with Gasteiger partial charge >= 0.3 is 0 Å². The van der Waals surface area contributed by atoms with Gasteiger partial charge in [0.2, 0.25) is 0 Å². The third-order valence-electron chi connectivity index (χ3n) is 4.38. The number of rotatable bonds is 5. The number of carbonyl (C=O) groups excluding carboxylic acids is 1. The average molecular weight is 343 g/mol. The zero-order valence-electron chi connectivity index (χ0n) is 14.5. The Morgan fingerprint density at radius 2 is 2.24 bits per heavy atom. The predicted molar refractivity (Wildman–Crippen MR) is 94.4 cm³/mol. The minimum atomic E-state index is -0.378. The van der Waals surface area contributed by atoms with Gasteiger partial charge in [-0.1, -0.05) is 6.07 Å². The summed E-state index contributed by atoms with van der Waals surface area (Å²) in [7, 11) is 1.88. The minimum Gasteiger partial charge on any atom is -0.484 e. The zero-order chi connectivity index (χ0) is 17.8. The second-order valence-corrected chi connectivity index (χ2v) is 6.24. The lowest BCUT2D eigenvalue weighted by atomic mass is 10.0. The summed E-state index contributed by atoms with van der Waals surface area (Å²) in [5.74, 6) is 0.124. The first-order chi connectivity index (χ1) is 12.0. The maximum atomic E-state index is 13.1. The molecule has 1 aromatic heterocycles. The molecule has 0 radical (unpaired) electrons. The summed E-state index contributed by atoms with van der Waals surface area (Å²) in [6.45, 7) is 3.19. The molecule has 6 heteroatoms. The molecule has 1 N–H and O–H groups in total. The molecule has 0 bridgehead atoms. The van der Waals surface area contributed by atoms with Crippen LogP contribution in [0.4, 0.5) is 10.1 Å². The van der Waals surface area contributed by atoms with Crippen LogP contribution in [0.2, 0.25) is 0 Å². The predicted octanol–water partition coefficient (Wildman–Crippen LogP) is 2.97. The first kappa shape index (κ1) is 17.2. The van der Waals surface area contributed by atoms with E-state index in [1.807, 2.05) is 26.1 Å². The van der Waals surface area contributed by atoms with Crippen molar-refractivity contribution >= 4 is 11.6 Å². The second kappa shape index (κ2) is 7.51. The molecule has 1 atom stereocenters. The molecule has 0 spiro atoms. The van der Waals surface area contributed by atoms with Crippen molar-refractivity contribution in [3.8, 4) is 5.75 Å². The number of nitrogens with zero attached hydrogens (tertiary/aromatic N) is 2. The van der Waals surface area contributed by atoms with Gasteiger partial charge in [0.25, 0.3) is 5.91 Å². The summed E-state index contributed by atoms with van der Waals surface area (Å²) >= 11 is 0. The number of hydrogen-bond donors (Lipinski definition) is 1. The highest BCUT2D eigenvalue weighted by Gasteiger charge is 2.28. The van der Waals surface area contributed by atoms with Crippen molar-refractivity contribution in [3.63, 3.8) is 0 Å². The maximum absolute atomic E-state index is 13.1. The molecule has 3 rings (SSSR count). The third kappa shape index (κ3) is 4.26. The molecule has 1 unspecified atom stereocenters. The van der Waals surface area contributed by atoms with Crippen LogP contribution >= 0.6 is 0 Å². The van der Waals surface area contributed by atoms with Gasteiger partial charge < -0.3 is 15.0 Å². The highest BCUT2D eigenvalue weighted by Crippen LogP contribution is 2.28. The number of halogens is 1. The summed E-state index contributed by atoms with van der Waals surface area (Å²) in [5, 5.41) is 3.14. The van der Waals surface area contributed by atoms with Crippen LogP contribution in [-0.4, -0.2) is 42.5 Å². The van der Waals surface area contributed by atoms with E-state index in [9.17, 15) is 9.18 Å². The fraction of sp³-hybridized carbons (Fsp3) is 0.368. The van der Waals surface area contributed by atoms with Crippen LogP contribution in [0.3, 0.4) is 0 Å². The van der Waals surface area contributed by atoms with Crippen LogP contribution in [0.5, 0.6) is 5.75 Å². The summed E-state index contributed by atoms with van der Waals surface area (Å²) in [5.41, 5.74) is 2.99. The largest absolute Gasteiger partial charge is 0.484 e. The number of ether oxygens (including phenoxy) is 1. The molecule has 1 aromatic carbocycles. The Morgan fingerprint density at radius 3 is 3.00 bits per heavy atom. The molecular weight excluding hydrogens is 321 g/mol. The molecule has 1 aliphatic rings. The monoisotopic (exact) mass is 343 g/mol. The Labute approximate surface area is 146 Å². The van der Waals surface area contributed by atoms with Gasteiger partial charge in [0.05, 0.1) is 0 Å². The molecule has 1 amide bonds. The van der Waals surface area contributed by atoms with E-state index >= 15 is 0 Å². The number of benzene rings is 1. The van der Waals surface area contributed by atoms with E-state index in [0.29, 0.717) is 18.8 Å². The van der Waals surface area contributed by atoms with Gasteiger partial charge in [0.15, 0.2) is 6.61 Å². The van der Waals surface area contributed by atoms with Crippen molar-refractivity contribution < 1.29 is 13.9 Å². The SMILES string of the molecule is CNc1cc(C)nc(C2CCN(C(=O)COc3cccc(F)c3)C2)c1. The fourth-order valence-electron chi connectivity index (χ4n) is 3.07. The molecule has 25 heavy (non-hydrogen) atoms. The van der Waals surface area contributed by atoms with Gasteiger partial charge in [-0.05, 0) is 37.6 Å². The number of pyridine rings is 1. The van der Waals surface area contributed by atoms with E-state index < -0.39 is 0 Å². The Balaban J connectivity index is 1.58. The lowest BCUT2D eigenvalue weighted by Gasteiger charge is -2.17. The Hall–Kier alpha value is -2.63. The highest BCUT2D eigenvalue weighted by atomic mass is 19.1. The van der Waals surface area contributed by atoms with Crippen molar-refractivity contribution in [3.05, 3.63) is 53.6 Å².